The molecule has 7 heteroatoms. The van der Waals surface area contributed by atoms with Crippen molar-refractivity contribution in [2.75, 3.05) is 57.3 Å². The molecular formula is C25H37N5O2. The molecule has 1 heterocycles. The van der Waals surface area contributed by atoms with Crippen molar-refractivity contribution >= 4 is 28.3 Å². The van der Waals surface area contributed by atoms with E-state index < -0.39 is 0 Å². The SMILES string of the molecule is CCN(CC)c1ccc2c3c(cccc13)C(=O)N(CCCN(CCCN)CCCN)C2=O. The molecule has 0 aliphatic carbocycles. The molecule has 0 bridgehead atoms. The lowest BCUT2D eigenvalue weighted by Gasteiger charge is -2.30. The molecular weight excluding hydrogens is 402 g/mol. The molecule has 1 aliphatic rings. The number of nitrogens with zero attached hydrogens (tertiary/aromatic N) is 3. The van der Waals surface area contributed by atoms with Crippen LogP contribution in [-0.2, 0) is 0 Å². The van der Waals surface area contributed by atoms with Crippen LogP contribution in [0, 0.1) is 0 Å². The van der Waals surface area contributed by atoms with E-state index in [1.165, 1.54) is 4.90 Å². The Hall–Kier alpha value is -2.48. The molecule has 2 aromatic carbocycles. The fourth-order valence-electron chi connectivity index (χ4n) is 4.59. The minimum Gasteiger partial charge on any atom is -0.372 e. The monoisotopic (exact) mass is 439 g/mol. The Bertz CT molecular complexity index is 911. The van der Waals surface area contributed by atoms with Gasteiger partial charge in [-0.1, -0.05) is 12.1 Å². The smallest absolute Gasteiger partial charge is 0.261 e. The van der Waals surface area contributed by atoms with Crippen LogP contribution in [0.2, 0.25) is 0 Å². The van der Waals surface area contributed by atoms with E-state index in [4.69, 9.17) is 11.5 Å². The first-order valence-corrected chi connectivity index (χ1v) is 11.9. The summed E-state index contributed by atoms with van der Waals surface area (Å²) in [6.07, 6.45) is 2.59. The molecule has 0 spiro atoms. The second-order valence-electron chi connectivity index (χ2n) is 8.27. The Morgan fingerprint density at radius 3 is 2.00 bits per heavy atom. The van der Waals surface area contributed by atoms with Crippen molar-refractivity contribution in [2.45, 2.75) is 33.1 Å². The van der Waals surface area contributed by atoms with E-state index >= 15 is 0 Å². The van der Waals surface area contributed by atoms with Gasteiger partial charge < -0.3 is 21.3 Å². The molecule has 7 nitrogen and oxygen atoms in total. The number of nitrogens with two attached hydrogens (primary N) is 2. The van der Waals surface area contributed by atoms with Crippen LogP contribution < -0.4 is 16.4 Å². The van der Waals surface area contributed by atoms with E-state index in [2.05, 4.69) is 23.6 Å². The molecule has 2 amide bonds. The lowest BCUT2D eigenvalue weighted by atomic mass is 9.92. The number of hydrogen-bond donors (Lipinski definition) is 2. The Morgan fingerprint density at radius 1 is 0.812 bits per heavy atom. The highest BCUT2D eigenvalue weighted by Crippen LogP contribution is 2.36. The van der Waals surface area contributed by atoms with E-state index in [1.54, 1.807) is 0 Å². The second-order valence-corrected chi connectivity index (χ2v) is 8.27. The van der Waals surface area contributed by atoms with E-state index in [-0.39, 0.29) is 11.8 Å². The number of anilines is 1. The Labute approximate surface area is 191 Å². The van der Waals surface area contributed by atoms with Gasteiger partial charge in [0.2, 0.25) is 0 Å². The van der Waals surface area contributed by atoms with Crippen LogP contribution >= 0.6 is 0 Å². The normalized spacial score (nSPS) is 13.5. The summed E-state index contributed by atoms with van der Waals surface area (Å²) in [5.41, 5.74) is 13.6. The van der Waals surface area contributed by atoms with E-state index in [9.17, 15) is 9.59 Å². The molecule has 0 aromatic heterocycles. The third-order valence-electron chi connectivity index (χ3n) is 6.29. The number of benzene rings is 2. The quantitative estimate of drug-likeness (QED) is 0.466. The lowest BCUT2D eigenvalue weighted by molar-refractivity contribution is 0.0603. The highest BCUT2D eigenvalue weighted by Gasteiger charge is 2.33. The molecule has 1 aliphatic heterocycles. The van der Waals surface area contributed by atoms with E-state index in [1.807, 2.05) is 30.3 Å². The molecule has 0 saturated carbocycles. The molecule has 0 fully saturated rings. The summed E-state index contributed by atoms with van der Waals surface area (Å²) in [4.78, 5) is 32.6. The van der Waals surface area contributed by atoms with Crippen LogP contribution in [0.25, 0.3) is 10.8 Å². The molecule has 0 saturated heterocycles. The molecule has 0 atom stereocenters. The highest BCUT2D eigenvalue weighted by molar-refractivity contribution is 6.26. The minimum absolute atomic E-state index is 0.194. The fraction of sp³-hybridized carbons (Fsp3) is 0.520. The van der Waals surface area contributed by atoms with Crippen molar-refractivity contribution < 1.29 is 9.59 Å². The van der Waals surface area contributed by atoms with Crippen molar-refractivity contribution in [3.8, 4) is 0 Å². The number of amides is 2. The van der Waals surface area contributed by atoms with Crippen LogP contribution in [0.1, 0.15) is 53.8 Å². The standard InChI is InChI=1S/C25H37N5O2/c1-3-29(4-2)22-12-11-21-23-19(22)9-5-10-20(23)24(31)30(25(21)32)18-8-17-28(15-6-13-26)16-7-14-27/h5,9-12H,3-4,6-8,13-18,26-27H2,1-2H3. The maximum absolute atomic E-state index is 13.3. The maximum Gasteiger partial charge on any atom is 0.261 e. The number of imide groups is 1. The van der Waals surface area contributed by atoms with Crippen LogP contribution in [-0.4, -0.2) is 74.0 Å². The predicted molar refractivity (Wildman–Crippen MR) is 131 cm³/mol. The zero-order chi connectivity index (χ0) is 23.1. The van der Waals surface area contributed by atoms with Crippen molar-refractivity contribution in [3.63, 3.8) is 0 Å². The number of carbonyl (C=O) groups is 2. The first kappa shape index (κ1) is 24.2. The van der Waals surface area contributed by atoms with Gasteiger partial charge in [0.1, 0.15) is 0 Å². The summed E-state index contributed by atoms with van der Waals surface area (Å²) < 4.78 is 0. The molecule has 174 valence electrons. The van der Waals surface area contributed by atoms with Gasteiger partial charge in [0, 0.05) is 47.2 Å². The zero-order valence-corrected chi connectivity index (χ0v) is 19.5. The third kappa shape index (κ3) is 4.95. The van der Waals surface area contributed by atoms with Crippen LogP contribution in [0.4, 0.5) is 5.69 Å². The Morgan fingerprint density at radius 2 is 1.41 bits per heavy atom. The van der Waals surface area contributed by atoms with Crippen molar-refractivity contribution in [2.24, 2.45) is 11.5 Å². The van der Waals surface area contributed by atoms with Crippen LogP contribution in [0.3, 0.4) is 0 Å². The van der Waals surface area contributed by atoms with Gasteiger partial charge >= 0.3 is 0 Å². The van der Waals surface area contributed by atoms with E-state index in [0.717, 1.165) is 68.4 Å². The molecule has 0 radical (unpaired) electrons. The van der Waals surface area contributed by atoms with Crippen LogP contribution in [0.5, 0.6) is 0 Å². The number of rotatable bonds is 13. The average Bonchev–Trinajstić information content (AvgIpc) is 2.82. The van der Waals surface area contributed by atoms with Gasteiger partial charge in [-0.3, -0.25) is 14.5 Å². The summed E-state index contributed by atoms with van der Waals surface area (Å²) in [6, 6.07) is 9.67. The predicted octanol–water partition coefficient (Wildman–Crippen LogP) is 2.67. The summed E-state index contributed by atoms with van der Waals surface area (Å²) >= 11 is 0. The number of carbonyl (C=O) groups excluding carboxylic acids is 2. The fourth-order valence-corrected chi connectivity index (χ4v) is 4.59. The van der Waals surface area contributed by atoms with Crippen LogP contribution in [0.15, 0.2) is 30.3 Å². The third-order valence-corrected chi connectivity index (χ3v) is 6.29. The molecule has 0 unspecified atom stereocenters. The van der Waals surface area contributed by atoms with Gasteiger partial charge in [0.05, 0.1) is 0 Å². The first-order chi connectivity index (χ1) is 15.6. The largest absolute Gasteiger partial charge is 0.372 e. The van der Waals surface area contributed by atoms with Gasteiger partial charge in [-0.2, -0.15) is 0 Å². The Kier molecular flexibility index (Phi) is 8.61. The van der Waals surface area contributed by atoms with Crippen molar-refractivity contribution in [3.05, 3.63) is 41.5 Å². The van der Waals surface area contributed by atoms with Gasteiger partial charge in [0.25, 0.3) is 11.8 Å². The van der Waals surface area contributed by atoms with Gasteiger partial charge in [0.15, 0.2) is 0 Å². The summed E-state index contributed by atoms with van der Waals surface area (Å²) in [6.45, 7) is 10.3. The topological polar surface area (TPSA) is 95.9 Å². The van der Waals surface area contributed by atoms with Gasteiger partial charge in [-0.15, -0.1) is 0 Å². The summed E-state index contributed by atoms with van der Waals surface area (Å²) in [7, 11) is 0. The first-order valence-electron chi connectivity index (χ1n) is 11.9. The van der Waals surface area contributed by atoms with Crippen molar-refractivity contribution in [1.29, 1.82) is 0 Å². The maximum atomic E-state index is 13.3. The lowest BCUT2D eigenvalue weighted by Crippen LogP contribution is -2.42. The summed E-state index contributed by atoms with van der Waals surface area (Å²) in [5.74, 6) is -0.388. The molecule has 32 heavy (non-hydrogen) atoms. The van der Waals surface area contributed by atoms with Gasteiger partial charge in [-0.05, 0) is 84.0 Å². The van der Waals surface area contributed by atoms with Gasteiger partial charge in [-0.25, -0.2) is 0 Å². The zero-order valence-electron chi connectivity index (χ0n) is 19.5. The molecule has 3 rings (SSSR count). The highest BCUT2D eigenvalue weighted by atomic mass is 16.2. The second kappa shape index (κ2) is 11.4. The Balaban J connectivity index is 1.80. The molecule has 2 aromatic rings. The van der Waals surface area contributed by atoms with Crippen molar-refractivity contribution in [1.82, 2.24) is 9.80 Å². The minimum atomic E-state index is -0.194. The summed E-state index contributed by atoms with van der Waals surface area (Å²) in [5, 5.41) is 1.76. The molecule has 4 N–H and O–H groups in total. The number of hydrogen-bond acceptors (Lipinski definition) is 6. The van der Waals surface area contributed by atoms with E-state index in [0.29, 0.717) is 30.8 Å². The average molecular weight is 440 g/mol.